The van der Waals surface area contributed by atoms with E-state index in [-0.39, 0.29) is 0 Å². The van der Waals surface area contributed by atoms with E-state index < -0.39 is 0 Å². The molecular weight excluding hydrogens is 683 g/mol. The Balaban J connectivity index is 1.06. The summed E-state index contributed by atoms with van der Waals surface area (Å²) in [7, 11) is 0. The highest BCUT2D eigenvalue weighted by Gasteiger charge is 2.18. The molecule has 11 rings (SSSR count). The minimum atomic E-state index is 0.667. The highest BCUT2D eigenvalue weighted by molar-refractivity contribution is 6.16. The molecule has 3 aromatic heterocycles. The van der Waals surface area contributed by atoms with Crippen molar-refractivity contribution in [3.05, 3.63) is 200 Å². The van der Waals surface area contributed by atoms with Crippen molar-refractivity contribution in [2.45, 2.75) is 0 Å². The van der Waals surface area contributed by atoms with E-state index >= 15 is 0 Å². The number of rotatable bonds is 6. The van der Waals surface area contributed by atoms with E-state index in [2.05, 4.69) is 162 Å². The van der Waals surface area contributed by atoms with Gasteiger partial charge in [-0.25, -0.2) is 9.97 Å². The number of fused-ring (bicyclic) bond motifs is 6. The van der Waals surface area contributed by atoms with Gasteiger partial charge in [-0.05, 0) is 70.8 Å². The summed E-state index contributed by atoms with van der Waals surface area (Å²) >= 11 is 0. The van der Waals surface area contributed by atoms with Gasteiger partial charge in [-0.3, -0.25) is 0 Å². The minimum absolute atomic E-state index is 0.667. The Bertz CT molecular complexity index is 3250. The predicted molar refractivity (Wildman–Crippen MR) is 231 cm³/mol. The van der Waals surface area contributed by atoms with Crippen LogP contribution in [0.1, 0.15) is 0 Å². The van der Waals surface area contributed by atoms with E-state index in [4.69, 9.17) is 14.4 Å². The van der Waals surface area contributed by atoms with Crippen molar-refractivity contribution in [2.24, 2.45) is 0 Å². The number of para-hydroxylation sites is 2. The normalized spacial score (nSPS) is 11.6. The summed E-state index contributed by atoms with van der Waals surface area (Å²) in [6.07, 6.45) is 0. The van der Waals surface area contributed by atoms with Crippen molar-refractivity contribution in [3.63, 3.8) is 0 Å². The van der Waals surface area contributed by atoms with Gasteiger partial charge in [0.25, 0.3) is 0 Å². The number of nitrogens with zero attached hydrogens (tertiary/aromatic N) is 3. The standard InChI is InChI=1S/C52H33N3O/c1-3-15-34(16-4-1)40-25-13-28-47-50(40)42-23-7-9-27-46(42)55(47)39-22-12-20-37(32-39)36-19-11-21-38(31-36)52-53-44(35-17-5-2-6-18-35)33-45(54-52)41-26-14-30-49-51(41)43-24-8-10-29-48(43)56-49/h1-33H. The first-order chi connectivity index (χ1) is 27.8. The second kappa shape index (κ2) is 13.1. The van der Waals surface area contributed by atoms with Crippen molar-refractivity contribution >= 4 is 43.7 Å². The Morgan fingerprint density at radius 3 is 1.80 bits per heavy atom. The van der Waals surface area contributed by atoms with E-state index in [1.165, 1.54) is 32.9 Å². The Labute approximate surface area is 323 Å². The van der Waals surface area contributed by atoms with Crippen LogP contribution in [0.5, 0.6) is 0 Å². The molecule has 4 heteroatoms. The molecule has 0 aliphatic carbocycles. The lowest BCUT2D eigenvalue weighted by molar-refractivity contribution is 0.669. The number of benzene rings is 8. The molecule has 0 N–H and O–H groups in total. The molecule has 0 aliphatic heterocycles. The molecule has 11 aromatic rings. The van der Waals surface area contributed by atoms with Crippen molar-refractivity contribution in [3.8, 4) is 61.8 Å². The van der Waals surface area contributed by atoms with E-state index in [0.29, 0.717) is 5.82 Å². The van der Waals surface area contributed by atoms with E-state index in [1.807, 2.05) is 42.5 Å². The van der Waals surface area contributed by atoms with E-state index in [1.54, 1.807) is 0 Å². The van der Waals surface area contributed by atoms with Gasteiger partial charge in [0.05, 0.1) is 22.4 Å². The molecule has 3 heterocycles. The van der Waals surface area contributed by atoms with Crippen molar-refractivity contribution in [1.82, 2.24) is 14.5 Å². The van der Waals surface area contributed by atoms with E-state index in [9.17, 15) is 0 Å². The number of furan rings is 1. The molecule has 8 aromatic carbocycles. The van der Waals surface area contributed by atoms with Crippen molar-refractivity contribution in [1.29, 1.82) is 0 Å². The second-order valence-corrected chi connectivity index (χ2v) is 14.2. The molecule has 0 atom stereocenters. The average Bonchev–Trinajstić information content (AvgIpc) is 3.83. The molecule has 0 aliphatic rings. The number of hydrogen-bond acceptors (Lipinski definition) is 3. The lowest BCUT2D eigenvalue weighted by Crippen LogP contribution is -1.97. The monoisotopic (exact) mass is 715 g/mol. The molecule has 0 radical (unpaired) electrons. The zero-order chi connectivity index (χ0) is 37.0. The van der Waals surface area contributed by atoms with Gasteiger partial charge in [-0.1, -0.05) is 152 Å². The largest absolute Gasteiger partial charge is 0.456 e. The molecule has 262 valence electrons. The lowest BCUT2D eigenvalue weighted by atomic mass is 9.99. The average molecular weight is 716 g/mol. The summed E-state index contributed by atoms with van der Waals surface area (Å²) < 4.78 is 8.67. The van der Waals surface area contributed by atoms with Crippen LogP contribution in [-0.2, 0) is 0 Å². The van der Waals surface area contributed by atoms with Gasteiger partial charge < -0.3 is 8.98 Å². The fraction of sp³-hybridized carbons (Fsp3) is 0. The summed E-state index contributed by atoms with van der Waals surface area (Å²) in [5, 5.41) is 4.62. The molecule has 0 unspecified atom stereocenters. The number of hydrogen-bond donors (Lipinski definition) is 0. The van der Waals surface area contributed by atoms with Crippen molar-refractivity contribution in [2.75, 3.05) is 0 Å². The third-order valence-electron chi connectivity index (χ3n) is 10.8. The highest BCUT2D eigenvalue weighted by Crippen LogP contribution is 2.40. The first-order valence-electron chi connectivity index (χ1n) is 18.9. The van der Waals surface area contributed by atoms with Crippen LogP contribution >= 0.6 is 0 Å². The Hall–Kier alpha value is -7.56. The quantitative estimate of drug-likeness (QED) is 0.172. The van der Waals surface area contributed by atoms with Crippen LogP contribution in [-0.4, -0.2) is 14.5 Å². The van der Waals surface area contributed by atoms with Gasteiger partial charge >= 0.3 is 0 Å². The highest BCUT2D eigenvalue weighted by atomic mass is 16.3. The fourth-order valence-electron chi connectivity index (χ4n) is 8.28. The maximum Gasteiger partial charge on any atom is 0.160 e. The molecule has 0 fully saturated rings. The van der Waals surface area contributed by atoms with Crippen LogP contribution in [0.25, 0.3) is 106 Å². The third kappa shape index (κ3) is 5.31. The summed E-state index contributed by atoms with van der Waals surface area (Å²) in [5.74, 6) is 0.667. The molecule has 4 nitrogen and oxygen atoms in total. The first-order valence-corrected chi connectivity index (χ1v) is 18.9. The van der Waals surface area contributed by atoms with Gasteiger partial charge in [0.15, 0.2) is 5.82 Å². The third-order valence-corrected chi connectivity index (χ3v) is 10.8. The Morgan fingerprint density at radius 2 is 0.946 bits per heavy atom. The molecule has 0 saturated heterocycles. The molecule has 0 saturated carbocycles. The van der Waals surface area contributed by atoms with Crippen molar-refractivity contribution < 1.29 is 4.42 Å². The lowest BCUT2D eigenvalue weighted by Gasteiger charge is -2.13. The summed E-state index contributed by atoms with van der Waals surface area (Å²) in [6.45, 7) is 0. The summed E-state index contributed by atoms with van der Waals surface area (Å²) in [4.78, 5) is 10.5. The molecule has 0 spiro atoms. The number of aromatic nitrogens is 3. The summed E-state index contributed by atoms with van der Waals surface area (Å²) in [5.41, 5.74) is 14.5. The van der Waals surface area contributed by atoms with E-state index in [0.717, 1.165) is 66.8 Å². The van der Waals surface area contributed by atoms with Gasteiger partial charge in [0.1, 0.15) is 11.2 Å². The smallest absolute Gasteiger partial charge is 0.160 e. The van der Waals surface area contributed by atoms with Gasteiger partial charge in [-0.2, -0.15) is 0 Å². The van der Waals surface area contributed by atoms with Crippen LogP contribution < -0.4 is 0 Å². The second-order valence-electron chi connectivity index (χ2n) is 14.2. The zero-order valence-corrected chi connectivity index (χ0v) is 30.3. The van der Waals surface area contributed by atoms with Gasteiger partial charge in [0, 0.05) is 43.9 Å². The van der Waals surface area contributed by atoms with Crippen LogP contribution in [0.2, 0.25) is 0 Å². The van der Waals surface area contributed by atoms with Crippen LogP contribution in [0.4, 0.5) is 0 Å². The SMILES string of the molecule is c1ccc(-c2cc(-c3cccc4oc5ccccc5c34)nc(-c3cccc(-c4cccc(-n5c6ccccc6c6c(-c7ccccc7)cccc65)c4)c3)n2)cc1. The van der Waals surface area contributed by atoms with Gasteiger partial charge in [0.2, 0.25) is 0 Å². The molecule has 0 bridgehead atoms. The first kappa shape index (κ1) is 31.9. The molecule has 56 heavy (non-hydrogen) atoms. The summed E-state index contributed by atoms with van der Waals surface area (Å²) in [6, 6.07) is 70.2. The predicted octanol–water partition coefficient (Wildman–Crippen LogP) is 13.8. The zero-order valence-electron chi connectivity index (χ0n) is 30.3. The maximum absolute atomic E-state index is 6.27. The van der Waals surface area contributed by atoms with Crippen LogP contribution in [0, 0.1) is 0 Å². The molecule has 0 amide bonds. The topological polar surface area (TPSA) is 43.9 Å². The minimum Gasteiger partial charge on any atom is -0.456 e. The van der Waals surface area contributed by atoms with Crippen LogP contribution in [0.15, 0.2) is 205 Å². The van der Waals surface area contributed by atoms with Crippen LogP contribution in [0.3, 0.4) is 0 Å². The fourth-order valence-corrected chi connectivity index (χ4v) is 8.28. The molecular formula is C52H33N3O. The maximum atomic E-state index is 6.27. The Kier molecular flexibility index (Phi) is 7.46. The van der Waals surface area contributed by atoms with Gasteiger partial charge in [-0.15, -0.1) is 0 Å². The Morgan fingerprint density at radius 1 is 0.357 bits per heavy atom.